The minimum Gasteiger partial charge on any atom is -0.349 e. The molecule has 0 atom stereocenters. The lowest BCUT2D eigenvalue weighted by Gasteiger charge is -2.35. The van der Waals surface area contributed by atoms with E-state index in [9.17, 15) is 10.1 Å². The van der Waals surface area contributed by atoms with Crippen molar-refractivity contribution in [2.24, 2.45) is 0 Å². The molecule has 0 saturated carbocycles. The molecule has 2 aromatic carbocycles. The van der Waals surface area contributed by atoms with Crippen molar-refractivity contribution < 1.29 is 4.92 Å². The summed E-state index contributed by atoms with van der Waals surface area (Å²) >= 11 is 0. The van der Waals surface area contributed by atoms with Gasteiger partial charge in [-0.15, -0.1) is 0 Å². The summed E-state index contributed by atoms with van der Waals surface area (Å²) in [6, 6.07) is 13.2. The Hall–Kier alpha value is -2.36. The second kappa shape index (κ2) is 3.82. The van der Waals surface area contributed by atoms with Crippen molar-refractivity contribution in [3.63, 3.8) is 0 Å². The lowest BCUT2D eigenvalue weighted by atomic mass is 9.74. The third-order valence-electron chi connectivity index (χ3n) is 3.77. The van der Waals surface area contributed by atoms with E-state index in [-0.39, 0.29) is 16.0 Å². The van der Waals surface area contributed by atoms with Gasteiger partial charge in [-0.1, -0.05) is 44.2 Å². The molecule has 0 bridgehead atoms. The third-order valence-corrected chi connectivity index (χ3v) is 3.77. The number of fused-ring (bicyclic) bond motifs is 2. The fourth-order valence-electron chi connectivity index (χ4n) is 2.76. The Morgan fingerprint density at radius 2 is 1.74 bits per heavy atom. The van der Waals surface area contributed by atoms with Crippen LogP contribution in [0.25, 0.3) is 0 Å². The molecule has 0 amide bonds. The smallest absolute Gasteiger partial charge is 0.292 e. The van der Waals surface area contributed by atoms with Crippen molar-refractivity contribution in [1.82, 2.24) is 0 Å². The van der Waals surface area contributed by atoms with Gasteiger partial charge in [0.15, 0.2) is 0 Å². The predicted molar refractivity (Wildman–Crippen MR) is 74.9 cm³/mol. The van der Waals surface area contributed by atoms with Crippen LogP contribution in [-0.2, 0) is 5.41 Å². The number of benzene rings is 2. The maximum Gasteiger partial charge on any atom is 0.292 e. The molecule has 0 aromatic heterocycles. The van der Waals surface area contributed by atoms with E-state index in [0.29, 0.717) is 5.69 Å². The number of nitrogens with zero attached hydrogens (tertiary/aromatic N) is 1. The largest absolute Gasteiger partial charge is 0.349 e. The average Bonchev–Trinajstić information content (AvgIpc) is 2.38. The van der Waals surface area contributed by atoms with E-state index in [1.54, 1.807) is 6.07 Å². The Morgan fingerprint density at radius 3 is 2.47 bits per heavy atom. The number of nitro benzene ring substituents is 1. The summed E-state index contributed by atoms with van der Waals surface area (Å²) in [5.41, 5.74) is 3.54. The molecular formula is C15H14N2O2. The van der Waals surface area contributed by atoms with Gasteiger partial charge in [-0.3, -0.25) is 10.1 Å². The van der Waals surface area contributed by atoms with Gasteiger partial charge in [-0.2, -0.15) is 0 Å². The van der Waals surface area contributed by atoms with Gasteiger partial charge >= 0.3 is 0 Å². The quantitative estimate of drug-likeness (QED) is 0.618. The van der Waals surface area contributed by atoms with Crippen LogP contribution in [0.1, 0.15) is 25.0 Å². The second-order valence-electron chi connectivity index (χ2n) is 5.25. The zero-order chi connectivity index (χ0) is 13.6. The van der Waals surface area contributed by atoms with Crippen molar-refractivity contribution >= 4 is 17.1 Å². The number of nitro groups is 1. The molecule has 1 heterocycles. The van der Waals surface area contributed by atoms with Crippen LogP contribution < -0.4 is 5.32 Å². The van der Waals surface area contributed by atoms with E-state index in [4.69, 9.17) is 0 Å². The first-order valence-corrected chi connectivity index (χ1v) is 6.16. The van der Waals surface area contributed by atoms with Gasteiger partial charge in [0.1, 0.15) is 5.69 Å². The Bertz CT molecular complexity index is 678. The van der Waals surface area contributed by atoms with E-state index in [0.717, 1.165) is 16.8 Å². The van der Waals surface area contributed by atoms with Crippen LogP contribution in [0.15, 0.2) is 42.5 Å². The number of nitrogens with one attached hydrogen (secondary N) is 1. The summed E-state index contributed by atoms with van der Waals surface area (Å²) in [7, 11) is 0. The van der Waals surface area contributed by atoms with E-state index < -0.39 is 0 Å². The molecule has 0 radical (unpaired) electrons. The highest BCUT2D eigenvalue weighted by atomic mass is 16.6. The van der Waals surface area contributed by atoms with Gasteiger partial charge in [0.2, 0.25) is 0 Å². The molecule has 0 aliphatic carbocycles. The first kappa shape index (κ1) is 11.7. The summed E-state index contributed by atoms with van der Waals surface area (Å²) in [6.07, 6.45) is 0. The summed E-state index contributed by atoms with van der Waals surface area (Å²) in [5.74, 6) is 0. The summed E-state index contributed by atoms with van der Waals surface area (Å²) in [6.45, 7) is 4.18. The number of anilines is 2. The van der Waals surface area contributed by atoms with Crippen LogP contribution in [0.3, 0.4) is 0 Å². The van der Waals surface area contributed by atoms with Crippen LogP contribution in [0.2, 0.25) is 0 Å². The predicted octanol–water partition coefficient (Wildman–Crippen LogP) is 3.98. The van der Waals surface area contributed by atoms with Gasteiger partial charge in [0.05, 0.1) is 4.92 Å². The van der Waals surface area contributed by atoms with Gasteiger partial charge in [0.25, 0.3) is 5.69 Å². The number of hydrogen-bond donors (Lipinski definition) is 1. The Morgan fingerprint density at radius 1 is 1.05 bits per heavy atom. The number of hydrogen-bond acceptors (Lipinski definition) is 3. The fraction of sp³-hybridized carbons (Fsp3) is 0.200. The zero-order valence-corrected chi connectivity index (χ0v) is 10.8. The molecule has 4 heteroatoms. The van der Waals surface area contributed by atoms with Crippen LogP contribution in [0.5, 0.6) is 0 Å². The molecule has 0 spiro atoms. The molecule has 1 aliphatic rings. The van der Waals surface area contributed by atoms with Crippen LogP contribution >= 0.6 is 0 Å². The molecule has 0 unspecified atom stereocenters. The SMILES string of the molecule is CC1(C)c2ccccc2Nc2c([N+](=O)[O-])cccc21. The summed E-state index contributed by atoms with van der Waals surface area (Å²) in [5, 5.41) is 14.4. The molecule has 19 heavy (non-hydrogen) atoms. The maximum atomic E-state index is 11.2. The molecule has 0 fully saturated rings. The normalized spacial score (nSPS) is 15.1. The molecule has 4 nitrogen and oxygen atoms in total. The van der Waals surface area contributed by atoms with Crippen molar-refractivity contribution in [2.45, 2.75) is 19.3 Å². The van der Waals surface area contributed by atoms with Gasteiger partial charge in [-0.05, 0) is 17.2 Å². The number of rotatable bonds is 1. The molecule has 0 saturated heterocycles. The zero-order valence-electron chi connectivity index (χ0n) is 10.8. The highest BCUT2D eigenvalue weighted by Crippen LogP contribution is 2.47. The first-order valence-electron chi connectivity index (χ1n) is 6.16. The monoisotopic (exact) mass is 254 g/mol. The lowest BCUT2D eigenvalue weighted by molar-refractivity contribution is -0.384. The minimum absolute atomic E-state index is 0.125. The fourth-order valence-corrected chi connectivity index (χ4v) is 2.76. The van der Waals surface area contributed by atoms with Crippen molar-refractivity contribution in [3.05, 3.63) is 63.7 Å². The summed E-state index contributed by atoms with van der Waals surface area (Å²) < 4.78 is 0. The van der Waals surface area contributed by atoms with E-state index >= 15 is 0 Å². The van der Waals surface area contributed by atoms with Crippen LogP contribution in [0.4, 0.5) is 17.1 Å². The van der Waals surface area contributed by atoms with E-state index in [2.05, 4.69) is 25.2 Å². The van der Waals surface area contributed by atoms with Crippen molar-refractivity contribution in [1.29, 1.82) is 0 Å². The summed E-state index contributed by atoms with van der Waals surface area (Å²) in [4.78, 5) is 10.8. The highest BCUT2D eigenvalue weighted by Gasteiger charge is 2.35. The Kier molecular flexibility index (Phi) is 2.35. The van der Waals surface area contributed by atoms with Crippen molar-refractivity contribution in [3.8, 4) is 0 Å². The molecular weight excluding hydrogens is 240 g/mol. The third kappa shape index (κ3) is 1.60. The van der Waals surface area contributed by atoms with Crippen molar-refractivity contribution in [2.75, 3.05) is 5.32 Å². The Labute approximate surface area is 111 Å². The van der Waals surface area contributed by atoms with Crippen LogP contribution in [0, 0.1) is 10.1 Å². The molecule has 3 rings (SSSR count). The van der Waals surface area contributed by atoms with E-state index in [1.165, 1.54) is 6.07 Å². The maximum absolute atomic E-state index is 11.2. The molecule has 2 aromatic rings. The Balaban J connectivity index is 2.30. The average molecular weight is 254 g/mol. The van der Waals surface area contributed by atoms with Crippen LogP contribution in [-0.4, -0.2) is 4.92 Å². The molecule has 1 N–H and O–H groups in total. The topological polar surface area (TPSA) is 55.2 Å². The highest BCUT2D eigenvalue weighted by molar-refractivity contribution is 5.81. The number of para-hydroxylation sites is 2. The first-order chi connectivity index (χ1) is 9.01. The van der Waals surface area contributed by atoms with E-state index in [1.807, 2.05) is 24.3 Å². The molecule has 1 aliphatic heterocycles. The minimum atomic E-state index is -0.337. The van der Waals surface area contributed by atoms with Gasteiger partial charge in [0, 0.05) is 17.2 Å². The second-order valence-corrected chi connectivity index (χ2v) is 5.25. The van der Waals surface area contributed by atoms with Gasteiger partial charge in [-0.25, -0.2) is 0 Å². The van der Waals surface area contributed by atoms with Gasteiger partial charge < -0.3 is 5.32 Å². The molecule has 96 valence electrons. The lowest BCUT2D eigenvalue weighted by Crippen LogP contribution is -2.26. The standard InChI is InChI=1S/C15H14N2O2/c1-15(2)10-6-3-4-8-12(10)16-14-11(15)7-5-9-13(14)17(18)19/h3-9,16H,1-2H3.